The van der Waals surface area contributed by atoms with Crippen molar-refractivity contribution in [3.05, 3.63) is 35.9 Å². The van der Waals surface area contributed by atoms with Crippen molar-refractivity contribution in [3.8, 4) is 0 Å². The Bertz CT molecular complexity index is 416. The van der Waals surface area contributed by atoms with Crippen LogP contribution in [0.25, 0.3) is 0 Å². The van der Waals surface area contributed by atoms with E-state index < -0.39 is 10.2 Å². The molecule has 0 amide bonds. The topological polar surface area (TPSA) is 49.4 Å². The van der Waals surface area contributed by atoms with Crippen LogP contribution in [0.5, 0.6) is 0 Å². The third-order valence-corrected chi connectivity index (χ3v) is 3.90. The number of likely N-dealkylation sites (N-methyl/N-ethyl adjacent to an activating group) is 1. The zero-order valence-electron chi connectivity index (χ0n) is 7.84. The number of hydrogen-bond acceptors (Lipinski definition) is 2. The molecule has 0 bridgehead atoms. The van der Waals surface area contributed by atoms with Crippen molar-refractivity contribution >= 4 is 10.2 Å². The lowest BCUT2D eigenvalue weighted by Gasteiger charge is -2.06. The van der Waals surface area contributed by atoms with Gasteiger partial charge in [-0.2, -0.15) is 17.4 Å². The van der Waals surface area contributed by atoms with Crippen LogP contribution in [0.2, 0.25) is 0 Å². The maximum Gasteiger partial charge on any atom is 0.279 e. The van der Waals surface area contributed by atoms with Crippen LogP contribution in [0.4, 0.5) is 0 Å². The SMILES string of the molecule is CN1C[C@H](c2ccccc2)NS1(=O)=O. The highest BCUT2D eigenvalue weighted by molar-refractivity contribution is 7.87. The molecule has 1 aromatic rings. The van der Waals surface area contributed by atoms with E-state index in [9.17, 15) is 8.42 Å². The Morgan fingerprint density at radius 1 is 1.36 bits per heavy atom. The van der Waals surface area contributed by atoms with Crippen molar-refractivity contribution in [2.75, 3.05) is 13.6 Å². The fraction of sp³-hybridized carbons (Fsp3) is 0.333. The zero-order valence-corrected chi connectivity index (χ0v) is 8.66. The lowest BCUT2D eigenvalue weighted by molar-refractivity contribution is 0.494. The van der Waals surface area contributed by atoms with E-state index in [4.69, 9.17) is 0 Å². The summed E-state index contributed by atoms with van der Waals surface area (Å²) in [5.74, 6) is 0. The van der Waals surface area contributed by atoms with Crippen molar-refractivity contribution in [1.82, 2.24) is 9.03 Å². The summed E-state index contributed by atoms with van der Waals surface area (Å²) in [5, 5.41) is 0. The quantitative estimate of drug-likeness (QED) is 0.737. The van der Waals surface area contributed by atoms with E-state index in [2.05, 4.69) is 4.72 Å². The Morgan fingerprint density at radius 2 is 2.00 bits per heavy atom. The zero-order chi connectivity index (χ0) is 10.2. The molecule has 76 valence electrons. The average Bonchev–Trinajstić information content (AvgIpc) is 2.43. The summed E-state index contributed by atoms with van der Waals surface area (Å²) in [6.45, 7) is 0.492. The average molecular weight is 212 g/mol. The maximum atomic E-state index is 11.4. The second kappa shape index (κ2) is 3.34. The molecule has 1 N–H and O–H groups in total. The molecule has 1 aromatic carbocycles. The molecule has 5 heteroatoms. The van der Waals surface area contributed by atoms with E-state index in [1.54, 1.807) is 7.05 Å². The standard InChI is InChI=1S/C9H12N2O2S/c1-11-7-9(10-14(11,12)13)8-5-3-2-4-6-8/h2-6,9-10H,7H2,1H3/t9-/m1/s1. The molecule has 0 aromatic heterocycles. The lowest BCUT2D eigenvalue weighted by Crippen LogP contribution is -2.25. The smallest absolute Gasteiger partial charge is 0.195 e. The Kier molecular flexibility index (Phi) is 2.30. The number of nitrogens with one attached hydrogen (secondary N) is 1. The second-order valence-corrected chi connectivity index (χ2v) is 5.18. The monoisotopic (exact) mass is 212 g/mol. The molecule has 14 heavy (non-hydrogen) atoms. The van der Waals surface area contributed by atoms with Gasteiger partial charge in [0, 0.05) is 13.6 Å². The summed E-state index contributed by atoms with van der Waals surface area (Å²) in [4.78, 5) is 0. The first-order valence-corrected chi connectivity index (χ1v) is 5.82. The van der Waals surface area contributed by atoms with E-state index in [1.165, 1.54) is 4.31 Å². The molecule has 1 heterocycles. The third kappa shape index (κ3) is 1.66. The summed E-state index contributed by atoms with van der Waals surface area (Å²) in [7, 11) is -1.66. The first-order valence-electron chi connectivity index (χ1n) is 4.38. The highest BCUT2D eigenvalue weighted by Gasteiger charge is 2.32. The molecule has 0 radical (unpaired) electrons. The lowest BCUT2D eigenvalue weighted by atomic mass is 10.1. The largest absolute Gasteiger partial charge is 0.279 e. The van der Waals surface area contributed by atoms with Gasteiger partial charge in [-0.25, -0.2) is 0 Å². The Hall–Kier alpha value is -0.910. The predicted molar refractivity (Wildman–Crippen MR) is 53.9 cm³/mol. The van der Waals surface area contributed by atoms with Gasteiger partial charge in [0.1, 0.15) is 0 Å². The van der Waals surface area contributed by atoms with Crippen LogP contribution in [-0.2, 0) is 10.2 Å². The van der Waals surface area contributed by atoms with Crippen LogP contribution in [-0.4, -0.2) is 26.3 Å². The molecule has 1 atom stereocenters. The summed E-state index contributed by atoms with van der Waals surface area (Å²) < 4.78 is 26.6. The second-order valence-electron chi connectivity index (χ2n) is 3.37. The van der Waals surface area contributed by atoms with E-state index in [0.717, 1.165) is 5.56 Å². The maximum absolute atomic E-state index is 11.4. The summed E-state index contributed by atoms with van der Waals surface area (Å²) in [6, 6.07) is 9.45. The molecule has 1 fully saturated rings. The number of nitrogens with zero attached hydrogens (tertiary/aromatic N) is 1. The van der Waals surface area contributed by atoms with Crippen LogP contribution < -0.4 is 4.72 Å². The van der Waals surface area contributed by atoms with Crippen molar-refractivity contribution in [3.63, 3.8) is 0 Å². The van der Waals surface area contributed by atoms with E-state index in [1.807, 2.05) is 30.3 Å². The Balaban J connectivity index is 2.26. The van der Waals surface area contributed by atoms with Gasteiger partial charge >= 0.3 is 0 Å². The molecule has 0 unspecified atom stereocenters. The van der Waals surface area contributed by atoms with Gasteiger partial charge in [-0.15, -0.1) is 0 Å². The van der Waals surface area contributed by atoms with Crippen LogP contribution in [0.15, 0.2) is 30.3 Å². The van der Waals surface area contributed by atoms with Crippen LogP contribution in [0.3, 0.4) is 0 Å². The Morgan fingerprint density at radius 3 is 2.50 bits per heavy atom. The fourth-order valence-corrected chi connectivity index (χ4v) is 2.62. The van der Waals surface area contributed by atoms with Gasteiger partial charge in [0.25, 0.3) is 10.2 Å². The van der Waals surface area contributed by atoms with Crippen LogP contribution >= 0.6 is 0 Å². The minimum atomic E-state index is -3.24. The first-order chi connectivity index (χ1) is 6.59. The fourth-order valence-electron chi connectivity index (χ4n) is 1.52. The van der Waals surface area contributed by atoms with Crippen LogP contribution in [0, 0.1) is 0 Å². The molecule has 2 rings (SSSR count). The van der Waals surface area contributed by atoms with Crippen LogP contribution in [0.1, 0.15) is 11.6 Å². The predicted octanol–water partition coefficient (Wildman–Crippen LogP) is 0.508. The van der Waals surface area contributed by atoms with Gasteiger partial charge in [0.05, 0.1) is 6.04 Å². The highest BCUT2D eigenvalue weighted by atomic mass is 32.2. The first kappa shape index (κ1) is 9.64. The number of rotatable bonds is 1. The van der Waals surface area contributed by atoms with Gasteiger partial charge in [-0.3, -0.25) is 0 Å². The molecule has 1 saturated heterocycles. The van der Waals surface area contributed by atoms with Gasteiger partial charge in [0.15, 0.2) is 0 Å². The van der Waals surface area contributed by atoms with Crippen molar-refractivity contribution in [1.29, 1.82) is 0 Å². The molecular weight excluding hydrogens is 200 g/mol. The Labute approximate surface area is 83.7 Å². The molecule has 0 saturated carbocycles. The number of benzene rings is 1. The van der Waals surface area contributed by atoms with Gasteiger partial charge in [-0.05, 0) is 5.56 Å². The van der Waals surface area contributed by atoms with Crippen molar-refractivity contribution in [2.45, 2.75) is 6.04 Å². The van der Waals surface area contributed by atoms with E-state index in [-0.39, 0.29) is 6.04 Å². The minimum Gasteiger partial charge on any atom is -0.195 e. The number of hydrogen-bond donors (Lipinski definition) is 1. The van der Waals surface area contributed by atoms with Gasteiger partial charge in [0.2, 0.25) is 0 Å². The molecular formula is C9H12N2O2S. The third-order valence-electron chi connectivity index (χ3n) is 2.34. The van der Waals surface area contributed by atoms with Crippen molar-refractivity contribution in [2.24, 2.45) is 0 Å². The summed E-state index contributed by atoms with van der Waals surface area (Å²) in [6.07, 6.45) is 0. The van der Waals surface area contributed by atoms with E-state index in [0.29, 0.717) is 6.54 Å². The van der Waals surface area contributed by atoms with Gasteiger partial charge < -0.3 is 0 Å². The molecule has 0 aliphatic carbocycles. The summed E-state index contributed by atoms with van der Waals surface area (Å²) in [5.41, 5.74) is 1.00. The highest BCUT2D eigenvalue weighted by Crippen LogP contribution is 2.21. The summed E-state index contributed by atoms with van der Waals surface area (Å²) >= 11 is 0. The normalized spacial score (nSPS) is 26.5. The molecule has 4 nitrogen and oxygen atoms in total. The molecule has 0 spiro atoms. The minimum absolute atomic E-state index is 0.119. The molecule has 1 aliphatic heterocycles. The molecule has 1 aliphatic rings. The van der Waals surface area contributed by atoms with Crippen molar-refractivity contribution < 1.29 is 8.42 Å². The van der Waals surface area contributed by atoms with E-state index >= 15 is 0 Å². The van der Waals surface area contributed by atoms with Gasteiger partial charge in [-0.1, -0.05) is 30.3 Å².